The van der Waals surface area contributed by atoms with Crippen LogP contribution in [0.2, 0.25) is 0 Å². The van der Waals surface area contributed by atoms with Gasteiger partial charge in [0.05, 0.1) is 17.6 Å². The molecular weight excluding hydrogens is 302 g/mol. The SMILES string of the molecule is Cc1cc2cc(O)c(-c3cc(N4CCNCC4)cnn3)cc2cn1. The number of fused-ring (bicyclic) bond motifs is 1. The number of hydrogen-bond acceptors (Lipinski definition) is 6. The van der Waals surface area contributed by atoms with Crippen LogP contribution in [0.4, 0.5) is 5.69 Å². The molecule has 1 saturated heterocycles. The van der Waals surface area contributed by atoms with Crippen molar-refractivity contribution < 1.29 is 5.11 Å². The zero-order chi connectivity index (χ0) is 16.5. The van der Waals surface area contributed by atoms with Crippen LogP contribution in [0.5, 0.6) is 5.75 Å². The predicted octanol–water partition coefficient (Wildman–Crippen LogP) is 2.12. The minimum absolute atomic E-state index is 0.208. The van der Waals surface area contributed by atoms with Gasteiger partial charge in [0.2, 0.25) is 0 Å². The molecule has 6 heteroatoms. The molecule has 0 bridgehead atoms. The van der Waals surface area contributed by atoms with Gasteiger partial charge in [-0.1, -0.05) is 0 Å². The van der Waals surface area contributed by atoms with E-state index in [2.05, 4.69) is 25.4 Å². The van der Waals surface area contributed by atoms with E-state index in [1.54, 1.807) is 12.3 Å². The molecule has 3 heterocycles. The van der Waals surface area contributed by atoms with Gasteiger partial charge < -0.3 is 15.3 Å². The average molecular weight is 321 g/mol. The summed E-state index contributed by atoms with van der Waals surface area (Å²) in [5, 5.41) is 24.1. The first kappa shape index (κ1) is 14.8. The van der Waals surface area contributed by atoms with Crippen molar-refractivity contribution in [2.75, 3.05) is 31.1 Å². The molecule has 0 radical (unpaired) electrons. The maximum Gasteiger partial charge on any atom is 0.125 e. The van der Waals surface area contributed by atoms with E-state index in [0.717, 1.165) is 48.3 Å². The summed E-state index contributed by atoms with van der Waals surface area (Å²) in [7, 11) is 0. The lowest BCUT2D eigenvalue weighted by Gasteiger charge is -2.29. The number of piperazine rings is 1. The molecule has 0 spiro atoms. The van der Waals surface area contributed by atoms with Crippen molar-refractivity contribution >= 4 is 16.5 Å². The zero-order valence-corrected chi connectivity index (χ0v) is 13.5. The van der Waals surface area contributed by atoms with Gasteiger partial charge in [-0.2, -0.15) is 10.2 Å². The van der Waals surface area contributed by atoms with Crippen LogP contribution in [0.15, 0.2) is 36.7 Å². The fourth-order valence-electron chi connectivity index (χ4n) is 3.08. The van der Waals surface area contributed by atoms with Gasteiger partial charge >= 0.3 is 0 Å². The van der Waals surface area contributed by atoms with E-state index in [1.165, 1.54) is 0 Å². The summed E-state index contributed by atoms with van der Waals surface area (Å²) in [4.78, 5) is 6.61. The third-order valence-electron chi connectivity index (χ3n) is 4.37. The van der Waals surface area contributed by atoms with Gasteiger partial charge in [-0.3, -0.25) is 4.98 Å². The fourth-order valence-corrected chi connectivity index (χ4v) is 3.08. The summed E-state index contributed by atoms with van der Waals surface area (Å²) in [6.07, 6.45) is 3.60. The Morgan fingerprint density at radius 1 is 1.04 bits per heavy atom. The molecule has 24 heavy (non-hydrogen) atoms. The van der Waals surface area contributed by atoms with Gasteiger partial charge in [0, 0.05) is 49.0 Å². The highest BCUT2D eigenvalue weighted by Gasteiger charge is 2.14. The van der Waals surface area contributed by atoms with Crippen molar-refractivity contribution in [3.05, 3.63) is 42.4 Å². The number of aromatic nitrogens is 3. The molecule has 0 aliphatic carbocycles. The maximum atomic E-state index is 10.4. The average Bonchev–Trinajstić information content (AvgIpc) is 2.62. The van der Waals surface area contributed by atoms with Crippen LogP contribution in [0, 0.1) is 6.92 Å². The summed E-state index contributed by atoms with van der Waals surface area (Å²) in [6, 6.07) is 7.63. The molecule has 2 N–H and O–H groups in total. The van der Waals surface area contributed by atoms with E-state index in [0.29, 0.717) is 11.3 Å². The third-order valence-corrected chi connectivity index (χ3v) is 4.37. The highest BCUT2D eigenvalue weighted by atomic mass is 16.3. The van der Waals surface area contributed by atoms with E-state index in [-0.39, 0.29) is 5.75 Å². The molecule has 122 valence electrons. The topological polar surface area (TPSA) is 74.2 Å². The Kier molecular flexibility index (Phi) is 3.74. The van der Waals surface area contributed by atoms with Crippen LogP contribution < -0.4 is 10.2 Å². The summed E-state index contributed by atoms with van der Waals surface area (Å²) in [6.45, 7) is 5.75. The standard InChI is InChI=1S/C18H19N5O/c1-12-6-13-8-18(24)16(7-14(13)10-20-12)17-9-15(11-21-22-17)23-4-2-19-3-5-23/h6-11,19,24H,2-5H2,1H3. The first-order valence-corrected chi connectivity index (χ1v) is 8.09. The molecule has 0 unspecified atom stereocenters. The molecule has 0 amide bonds. The molecule has 2 aromatic heterocycles. The minimum Gasteiger partial charge on any atom is -0.507 e. The fraction of sp³-hybridized carbons (Fsp3) is 0.278. The number of benzene rings is 1. The molecule has 4 rings (SSSR count). The van der Waals surface area contributed by atoms with Gasteiger partial charge in [0.25, 0.3) is 0 Å². The Morgan fingerprint density at radius 2 is 1.88 bits per heavy atom. The smallest absolute Gasteiger partial charge is 0.125 e. The van der Waals surface area contributed by atoms with Crippen LogP contribution in [0.3, 0.4) is 0 Å². The second kappa shape index (κ2) is 6.05. The number of pyridine rings is 1. The molecular formula is C18H19N5O. The number of rotatable bonds is 2. The molecule has 1 aliphatic rings. The van der Waals surface area contributed by atoms with Gasteiger partial charge in [-0.15, -0.1) is 0 Å². The minimum atomic E-state index is 0.208. The maximum absolute atomic E-state index is 10.4. The second-order valence-corrected chi connectivity index (χ2v) is 6.08. The lowest BCUT2D eigenvalue weighted by molar-refractivity contribution is 0.478. The highest BCUT2D eigenvalue weighted by molar-refractivity contribution is 5.89. The molecule has 1 aromatic carbocycles. The number of nitrogens with one attached hydrogen (secondary N) is 1. The Balaban J connectivity index is 1.76. The quantitative estimate of drug-likeness (QED) is 0.753. The van der Waals surface area contributed by atoms with Crippen molar-refractivity contribution in [3.8, 4) is 17.0 Å². The van der Waals surface area contributed by atoms with E-state index in [4.69, 9.17) is 0 Å². The molecule has 1 aliphatic heterocycles. The van der Waals surface area contributed by atoms with Crippen LogP contribution in [0.25, 0.3) is 22.0 Å². The lowest BCUT2D eigenvalue weighted by Crippen LogP contribution is -2.43. The Hall–Kier alpha value is -2.73. The van der Waals surface area contributed by atoms with Crippen molar-refractivity contribution in [3.63, 3.8) is 0 Å². The van der Waals surface area contributed by atoms with Crippen molar-refractivity contribution in [1.29, 1.82) is 0 Å². The summed E-state index contributed by atoms with van der Waals surface area (Å²) < 4.78 is 0. The molecule has 3 aromatic rings. The van der Waals surface area contributed by atoms with Gasteiger partial charge in [0.1, 0.15) is 5.75 Å². The zero-order valence-electron chi connectivity index (χ0n) is 13.5. The molecule has 6 nitrogen and oxygen atoms in total. The van der Waals surface area contributed by atoms with Crippen LogP contribution >= 0.6 is 0 Å². The monoisotopic (exact) mass is 321 g/mol. The lowest BCUT2D eigenvalue weighted by atomic mass is 10.0. The van der Waals surface area contributed by atoms with E-state index < -0.39 is 0 Å². The van der Waals surface area contributed by atoms with Crippen molar-refractivity contribution in [2.24, 2.45) is 0 Å². The summed E-state index contributed by atoms with van der Waals surface area (Å²) >= 11 is 0. The number of hydrogen-bond donors (Lipinski definition) is 2. The Morgan fingerprint density at radius 3 is 2.71 bits per heavy atom. The molecule has 0 atom stereocenters. The second-order valence-electron chi connectivity index (χ2n) is 6.08. The Bertz CT molecular complexity index is 890. The number of aryl methyl sites for hydroxylation is 1. The predicted molar refractivity (Wildman–Crippen MR) is 94.3 cm³/mol. The largest absolute Gasteiger partial charge is 0.507 e. The molecule has 1 fully saturated rings. The number of phenolic OH excluding ortho intramolecular Hbond substituents is 1. The Labute approximate surface area is 140 Å². The van der Waals surface area contributed by atoms with E-state index in [9.17, 15) is 5.11 Å². The van der Waals surface area contributed by atoms with E-state index in [1.807, 2.05) is 31.3 Å². The van der Waals surface area contributed by atoms with Crippen molar-refractivity contribution in [2.45, 2.75) is 6.92 Å². The first-order valence-electron chi connectivity index (χ1n) is 8.09. The normalized spacial score (nSPS) is 15.0. The highest BCUT2D eigenvalue weighted by Crippen LogP contribution is 2.33. The number of anilines is 1. The first-order chi connectivity index (χ1) is 11.7. The van der Waals surface area contributed by atoms with Crippen molar-refractivity contribution in [1.82, 2.24) is 20.5 Å². The van der Waals surface area contributed by atoms with Gasteiger partial charge in [-0.05, 0) is 36.6 Å². The number of aromatic hydroxyl groups is 1. The van der Waals surface area contributed by atoms with Crippen LogP contribution in [-0.4, -0.2) is 46.5 Å². The number of nitrogens with zero attached hydrogens (tertiary/aromatic N) is 4. The summed E-state index contributed by atoms with van der Waals surface area (Å²) in [5.41, 5.74) is 3.31. The van der Waals surface area contributed by atoms with Gasteiger partial charge in [-0.25, -0.2) is 0 Å². The summed E-state index contributed by atoms with van der Waals surface area (Å²) in [5.74, 6) is 0.208. The number of phenols is 1. The van der Waals surface area contributed by atoms with E-state index >= 15 is 0 Å². The third kappa shape index (κ3) is 2.76. The molecule has 0 saturated carbocycles. The van der Waals surface area contributed by atoms with Crippen LogP contribution in [0.1, 0.15) is 5.69 Å². The van der Waals surface area contributed by atoms with Gasteiger partial charge in [0.15, 0.2) is 0 Å². The van der Waals surface area contributed by atoms with Crippen LogP contribution in [-0.2, 0) is 0 Å².